The molecule has 3 aromatic rings. The molecule has 1 aliphatic heterocycles. The molecule has 0 amide bonds. The van der Waals surface area contributed by atoms with Crippen LogP contribution in [0, 0.1) is 0 Å². The van der Waals surface area contributed by atoms with E-state index in [-0.39, 0.29) is 6.10 Å². The van der Waals surface area contributed by atoms with Crippen LogP contribution in [0.5, 0.6) is 5.75 Å². The van der Waals surface area contributed by atoms with Crippen molar-refractivity contribution in [1.29, 1.82) is 0 Å². The van der Waals surface area contributed by atoms with Crippen LogP contribution in [-0.2, 0) is 17.9 Å². The van der Waals surface area contributed by atoms with Crippen molar-refractivity contribution in [3.63, 3.8) is 0 Å². The molecular weight excluding hydrogens is 416 g/mol. The second-order valence-corrected chi connectivity index (χ2v) is 9.14. The van der Waals surface area contributed by atoms with Crippen molar-refractivity contribution in [2.75, 3.05) is 32.1 Å². The fourth-order valence-corrected chi connectivity index (χ4v) is 4.47. The summed E-state index contributed by atoms with van der Waals surface area (Å²) in [6, 6.07) is 6.67. The SMILES string of the molecule is CCCn1c(COCC)nc2c(N)nc3cc(OC4CCN(CNC(C)C)CC4)ccc3c21. The van der Waals surface area contributed by atoms with E-state index in [1.807, 2.05) is 13.0 Å². The number of ether oxygens (including phenoxy) is 2. The average molecular weight is 455 g/mol. The molecule has 3 heterocycles. The minimum Gasteiger partial charge on any atom is -0.490 e. The second-order valence-electron chi connectivity index (χ2n) is 9.14. The lowest BCUT2D eigenvalue weighted by molar-refractivity contribution is 0.0946. The fraction of sp³-hybridized carbons (Fsp3) is 0.600. The van der Waals surface area contributed by atoms with E-state index in [9.17, 15) is 0 Å². The van der Waals surface area contributed by atoms with Crippen LogP contribution in [0.4, 0.5) is 5.82 Å². The number of hydrogen-bond donors (Lipinski definition) is 2. The number of benzene rings is 1. The first-order chi connectivity index (χ1) is 16.0. The van der Waals surface area contributed by atoms with Gasteiger partial charge in [0.25, 0.3) is 0 Å². The molecule has 0 aliphatic carbocycles. The van der Waals surface area contributed by atoms with Crippen LogP contribution in [-0.4, -0.2) is 57.9 Å². The minimum atomic E-state index is 0.224. The molecule has 1 aliphatic rings. The molecule has 1 fully saturated rings. The summed E-state index contributed by atoms with van der Waals surface area (Å²) in [5, 5.41) is 4.54. The molecule has 1 saturated heterocycles. The third kappa shape index (κ3) is 5.39. The van der Waals surface area contributed by atoms with Crippen LogP contribution in [0.25, 0.3) is 21.9 Å². The Kier molecular flexibility index (Phi) is 7.67. The molecule has 180 valence electrons. The normalized spacial score (nSPS) is 15.8. The average Bonchev–Trinajstić information content (AvgIpc) is 3.16. The first kappa shape index (κ1) is 23.7. The highest BCUT2D eigenvalue weighted by Crippen LogP contribution is 2.32. The number of nitrogens with zero attached hydrogens (tertiary/aromatic N) is 4. The summed E-state index contributed by atoms with van der Waals surface area (Å²) in [4.78, 5) is 11.9. The molecule has 0 unspecified atom stereocenters. The number of imidazole rings is 1. The highest BCUT2D eigenvalue weighted by Gasteiger charge is 2.21. The number of fused-ring (bicyclic) bond motifs is 3. The molecule has 8 nitrogen and oxygen atoms in total. The highest BCUT2D eigenvalue weighted by atomic mass is 16.5. The smallest absolute Gasteiger partial charge is 0.152 e. The van der Waals surface area contributed by atoms with Gasteiger partial charge in [-0.05, 0) is 52.2 Å². The van der Waals surface area contributed by atoms with Gasteiger partial charge >= 0.3 is 0 Å². The van der Waals surface area contributed by atoms with Gasteiger partial charge in [0.15, 0.2) is 5.82 Å². The summed E-state index contributed by atoms with van der Waals surface area (Å²) < 4.78 is 14.2. The van der Waals surface area contributed by atoms with E-state index in [2.05, 4.69) is 52.7 Å². The third-order valence-corrected chi connectivity index (χ3v) is 6.20. The van der Waals surface area contributed by atoms with Gasteiger partial charge < -0.3 is 25.1 Å². The number of rotatable bonds is 10. The zero-order valence-corrected chi connectivity index (χ0v) is 20.4. The van der Waals surface area contributed by atoms with Crippen LogP contribution in [0.2, 0.25) is 0 Å². The van der Waals surface area contributed by atoms with Crippen LogP contribution in [0.3, 0.4) is 0 Å². The Labute approximate surface area is 196 Å². The fourth-order valence-electron chi connectivity index (χ4n) is 4.47. The molecule has 33 heavy (non-hydrogen) atoms. The Hall–Kier alpha value is -2.42. The first-order valence-electron chi connectivity index (χ1n) is 12.3. The van der Waals surface area contributed by atoms with Crippen LogP contribution < -0.4 is 15.8 Å². The quantitative estimate of drug-likeness (QED) is 0.480. The van der Waals surface area contributed by atoms with Gasteiger partial charge in [0.1, 0.15) is 29.8 Å². The summed E-state index contributed by atoms with van der Waals surface area (Å²) in [6.07, 6.45) is 3.27. The van der Waals surface area contributed by atoms with Gasteiger partial charge in [0.05, 0.1) is 11.0 Å². The van der Waals surface area contributed by atoms with E-state index < -0.39 is 0 Å². The van der Waals surface area contributed by atoms with E-state index in [0.29, 0.717) is 25.1 Å². The maximum atomic E-state index is 6.36. The molecule has 0 atom stereocenters. The summed E-state index contributed by atoms with van der Waals surface area (Å²) in [5.41, 5.74) is 8.98. The Morgan fingerprint density at radius 1 is 1.18 bits per heavy atom. The maximum Gasteiger partial charge on any atom is 0.152 e. The summed E-state index contributed by atoms with van der Waals surface area (Å²) in [7, 11) is 0. The van der Waals surface area contributed by atoms with Crippen molar-refractivity contribution in [1.82, 2.24) is 24.8 Å². The van der Waals surface area contributed by atoms with E-state index in [1.165, 1.54) is 0 Å². The van der Waals surface area contributed by atoms with Crippen molar-refractivity contribution in [3.05, 3.63) is 24.0 Å². The minimum absolute atomic E-state index is 0.224. The molecule has 8 heteroatoms. The zero-order valence-electron chi connectivity index (χ0n) is 20.4. The lowest BCUT2D eigenvalue weighted by Crippen LogP contribution is -2.44. The molecule has 0 spiro atoms. The van der Waals surface area contributed by atoms with Crippen molar-refractivity contribution < 1.29 is 9.47 Å². The van der Waals surface area contributed by atoms with E-state index in [1.54, 1.807) is 0 Å². The molecule has 0 saturated carbocycles. The van der Waals surface area contributed by atoms with Gasteiger partial charge in [-0.1, -0.05) is 6.92 Å². The summed E-state index contributed by atoms with van der Waals surface area (Å²) in [6.45, 7) is 13.5. The van der Waals surface area contributed by atoms with Gasteiger partial charge in [0.2, 0.25) is 0 Å². The monoisotopic (exact) mass is 454 g/mol. The van der Waals surface area contributed by atoms with E-state index in [0.717, 1.165) is 79.1 Å². The van der Waals surface area contributed by atoms with Gasteiger partial charge in [-0.15, -0.1) is 0 Å². The lowest BCUT2D eigenvalue weighted by Gasteiger charge is -2.32. The number of nitrogens with one attached hydrogen (secondary N) is 1. The number of nitrogen functional groups attached to an aromatic ring is 1. The van der Waals surface area contributed by atoms with Crippen molar-refractivity contribution >= 4 is 27.8 Å². The van der Waals surface area contributed by atoms with Gasteiger partial charge in [-0.25, -0.2) is 9.97 Å². The number of likely N-dealkylation sites (tertiary alicyclic amines) is 1. The Bertz CT molecular complexity index is 1070. The second kappa shape index (κ2) is 10.7. The van der Waals surface area contributed by atoms with Crippen molar-refractivity contribution in [2.45, 2.75) is 72.3 Å². The predicted octanol–water partition coefficient (Wildman–Crippen LogP) is 3.91. The Morgan fingerprint density at radius 3 is 2.67 bits per heavy atom. The molecule has 1 aromatic carbocycles. The van der Waals surface area contributed by atoms with E-state index in [4.69, 9.17) is 20.2 Å². The molecular formula is C25H38N6O2. The van der Waals surface area contributed by atoms with Gasteiger partial charge in [0, 0.05) is 50.4 Å². The first-order valence-corrected chi connectivity index (χ1v) is 12.3. The van der Waals surface area contributed by atoms with E-state index >= 15 is 0 Å². The van der Waals surface area contributed by atoms with Crippen molar-refractivity contribution in [2.24, 2.45) is 0 Å². The number of aromatic nitrogens is 3. The Balaban J connectivity index is 1.55. The third-order valence-electron chi connectivity index (χ3n) is 6.20. The summed E-state index contributed by atoms with van der Waals surface area (Å²) >= 11 is 0. The standard InChI is InChI=1S/C25H38N6O2/c1-5-11-31-22(15-32-6-2)29-23-24(31)20-8-7-19(14-21(20)28-25(23)26)33-18-9-12-30(13-10-18)16-27-17(3)4/h7-8,14,17-18,27H,5-6,9-13,15-16H2,1-4H3,(H2,26,28). The zero-order chi connectivity index (χ0) is 23.4. The van der Waals surface area contributed by atoms with Crippen molar-refractivity contribution in [3.8, 4) is 5.75 Å². The number of piperidine rings is 1. The van der Waals surface area contributed by atoms with Gasteiger partial charge in [-0.2, -0.15) is 0 Å². The van der Waals surface area contributed by atoms with Crippen LogP contribution in [0.15, 0.2) is 18.2 Å². The highest BCUT2D eigenvalue weighted by molar-refractivity contribution is 6.06. The summed E-state index contributed by atoms with van der Waals surface area (Å²) in [5.74, 6) is 2.20. The topological polar surface area (TPSA) is 90.5 Å². The Morgan fingerprint density at radius 2 is 1.97 bits per heavy atom. The number of nitrogens with two attached hydrogens (primary N) is 1. The van der Waals surface area contributed by atoms with Gasteiger partial charge in [-0.3, -0.25) is 4.90 Å². The number of aryl methyl sites for hydroxylation is 1. The number of pyridine rings is 1. The number of anilines is 1. The molecule has 3 N–H and O–H groups in total. The lowest BCUT2D eigenvalue weighted by atomic mass is 10.1. The maximum absolute atomic E-state index is 6.36. The predicted molar refractivity (Wildman–Crippen MR) is 133 cm³/mol. The molecule has 0 radical (unpaired) electrons. The largest absolute Gasteiger partial charge is 0.490 e. The number of hydrogen-bond acceptors (Lipinski definition) is 7. The van der Waals surface area contributed by atoms with Crippen LogP contribution >= 0.6 is 0 Å². The molecule has 0 bridgehead atoms. The van der Waals surface area contributed by atoms with Crippen LogP contribution in [0.1, 0.15) is 52.8 Å². The molecule has 4 rings (SSSR count). The molecule has 2 aromatic heterocycles.